The summed E-state index contributed by atoms with van der Waals surface area (Å²) in [6, 6.07) is 97.0. The molecule has 14 heteroatoms. The van der Waals surface area contributed by atoms with Crippen LogP contribution in [0, 0.1) is 0 Å². The van der Waals surface area contributed by atoms with Crippen molar-refractivity contribution in [1.29, 1.82) is 0 Å². The van der Waals surface area contributed by atoms with E-state index in [1.54, 1.807) is 12.5 Å². The summed E-state index contributed by atoms with van der Waals surface area (Å²) in [5, 5.41) is 16.7. The number of carbonyl (C=O) groups is 3. The molecule has 3 heterocycles. The number of esters is 1. The third-order valence-electron chi connectivity index (χ3n) is 16.5. The van der Waals surface area contributed by atoms with Crippen LogP contribution in [-0.2, 0) is 41.7 Å². The molecule has 2 N–H and O–H groups in total. The molecule has 10 aromatic carbocycles. The second-order valence-corrected chi connectivity index (χ2v) is 27.1. The van der Waals surface area contributed by atoms with Crippen molar-refractivity contribution in [3.63, 3.8) is 0 Å². The van der Waals surface area contributed by atoms with Gasteiger partial charge in [-0.15, -0.1) is 23.1 Å². The summed E-state index contributed by atoms with van der Waals surface area (Å²) in [6.07, 6.45) is 0. The third kappa shape index (κ3) is 11.7. The number of β-lactam (4-membered cyclic amide) rings is 1. The highest BCUT2D eigenvalue weighted by Crippen LogP contribution is 2.49. The van der Waals surface area contributed by atoms with E-state index >= 15 is 14.4 Å². The highest BCUT2D eigenvalue weighted by molar-refractivity contribution is 8.00. The molecule has 0 aliphatic carbocycles. The molecule has 91 heavy (non-hydrogen) atoms. The zero-order valence-corrected chi connectivity index (χ0v) is 52.1. The molecule has 2 aliphatic rings. The van der Waals surface area contributed by atoms with E-state index < -0.39 is 47.2 Å². The number of methoxy groups -OCH3 is 1. The summed E-state index contributed by atoms with van der Waals surface area (Å²) >= 11 is 2.78. The molecule has 1 unspecified atom stereocenters. The first kappa shape index (κ1) is 59.7. The van der Waals surface area contributed by atoms with Gasteiger partial charge in [0.05, 0.1) is 7.11 Å². The van der Waals surface area contributed by atoms with Crippen LogP contribution >= 0.6 is 30.0 Å². The normalized spacial score (nSPS) is 14.9. The van der Waals surface area contributed by atoms with Crippen LogP contribution < -0.4 is 31.3 Å². The highest BCUT2D eigenvalue weighted by atomic mass is 32.2. The van der Waals surface area contributed by atoms with Crippen LogP contribution in [-0.4, -0.2) is 63.5 Å². The number of thiazole rings is 1. The van der Waals surface area contributed by atoms with Gasteiger partial charge in [0.2, 0.25) is 5.60 Å². The summed E-state index contributed by atoms with van der Waals surface area (Å²) in [6.45, 7) is -2.80. The Kier molecular flexibility index (Phi) is 17.6. The summed E-state index contributed by atoms with van der Waals surface area (Å²) in [4.78, 5) is 60.3. The van der Waals surface area contributed by atoms with Crippen molar-refractivity contribution in [2.45, 2.75) is 29.2 Å². The van der Waals surface area contributed by atoms with Gasteiger partial charge in [-0.25, -0.2) is 9.78 Å². The van der Waals surface area contributed by atoms with E-state index in [0.717, 1.165) is 54.9 Å². The zero-order chi connectivity index (χ0) is 62.0. The molecule has 0 spiro atoms. The van der Waals surface area contributed by atoms with Crippen molar-refractivity contribution in [3.8, 4) is 5.75 Å². The molecule has 2 atom stereocenters. The number of nitrogens with one attached hydrogen (secondary N) is 2. The predicted molar refractivity (Wildman–Crippen MR) is 368 cm³/mol. The molecule has 13 rings (SSSR count). The Bertz CT molecular complexity index is 4140. The summed E-state index contributed by atoms with van der Waals surface area (Å²) < 4.78 is 11.6. The molecule has 1 aromatic heterocycles. The second kappa shape index (κ2) is 26.8. The van der Waals surface area contributed by atoms with Crippen molar-refractivity contribution in [2.75, 3.05) is 18.2 Å². The van der Waals surface area contributed by atoms with Crippen molar-refractivity contribution < 1.29 is 28.7 Å². The Labute approximate surface area is 537 Å². The fourth-order valence-corrected chi connectivity index (χ4v) is 18.3. The lowest BCUT2D eigenvalue weighted by Gasteiger charge is -2.49. The van der Waals surface area contributed by atoms with Crippen LogP contribution in [0.25, 0.3) is 0 Å². The molecule has 0 radical (unpaired) electrons. The number of rotatable bonds is 21. The lowest BCUT2D eigenvalue weighted by Crippen LogP contribution is -2.71. The summed E-state index contributed by atoms with van der Waals surface area (Å²) in [7, 11) is 1.60. The minimum atomic E-state index is -2.73. The number of nitrogens with zero attached hydrogens (tertiary/aromatic N) is 3. The Morgan fingerprint density at radius 1 is 0.582 bits per heavy atom. The molecule has 11 nitrogen and oxygen atoms in total. The minimum absolute atomic E-state index is 0.0696. The predicted octanol–water partition coefficient (Wildman–Crippen LogP) is 13.5. The number of fused-ring (bicyclic) bond motifs is 1. The fraction of sp³-hybridized carbons (Fsp3) is 0.0909. The first-order chi connectivity index (χ1) is 44.8. The Morgan fingerprint density at radius 2 is 1.00 bits per heavy atom. The van der Waals surface area contributed by atoms with E-state index in [0.29, 0.717) is 22.2 Å². The molecule has 2 amide bonds. The average molecular weight is 1250 g/mol. The maximum absolute atomic E-state index is 15.8. The Morgan fingerprint density at radius 3 is 1.43 bits per heavy atom. The molecular weight excluding hydrogens is 1190 g/mol. The minimum Gasteiger partial charge on any atom is -0.497 e. The van der Waals surface area contributed by atoms with Crippen molar-refractivity contribution in [2.24, 2.45) is 5.16 Å². The molecule has 1 fully saturated rings. The first-order valence-corrected chi connectivity index (χ1v) is 33.6. The van der Waals surface area contributed by atoms with Crippen molar-refractivity contribution in [3.05, 3.63) is 359 Å². The summed E-state index contributed by atoms with van der Waals surface area (Å²) in [5.74, 6) is 1.29. The van der Waals surface area contributed by atoms with E-state index in [2.05, 4.69) is 89.2 Å². The molecule has 2 aliphatic heterocycles. The third-order valence-corrected chi connectivity index (χ3v) is 22.6. The van der Waals surface area contributed by atoms with E-state index in [9.17, 15) is 0 Å². The van der Waals surface area contributed by atoms with E-state index in [-0.39, 0.29) is 23.7 Å². The second-order valence-electron chi connectivity index (χ2n) is 21.8. The van der Waals surface area contributed by atoms with E-state index in [1.165, 1.54) is 28.0 Å². The Hall–Kier alpha value is -10.3. The van der Waals surface area contributed by atoms with Gasteiger partial charge in [-0.05, 0) is 68.6 Å². The number of anilines is 1. The highest BCUT2D eigenvalue weighted by Gasteiger charge is 2.55. The number of hydrogen-bond acceptors (Lipinski definition) is 11. The lowest BCUT2D eigenvalue weighted by atomic mass is 9.77. The summed E-state index contributed by atoms with van der Waals surface area (Å²) in [5.41, 5.74) is 4.28. The van der Waals surface area contributed by atoms with Crippen LogP contribution in [0.2, 0.25) is 0 Å². The van der Waals surface area contributed by atoms with Crippen molar-refractivity contribution in [1.82, 2.24) is 15.2 Å². The SMILES string of the molecule is COc1ccc(COC(=O)C2=C(C=P(c3ccccc3)(c3ccccc3)c3ccccc3)CS[C@H]3C(NC(=O)C(=NOC(c4ccccc4)(c4ccccc4)c4ccccc4)c4csc(NC(c5ccccc5)(c5ccccc5)c5ccccc5)n4)C(=O)N23)cc1. The molecule has 0 bridgehead atoms. The van der Waals surface area contributed by atoms with Gasteiger partial charge in [0.25, 0.3) is 11.8 Å². The van der Waals surface area contributed by atoms with Crippen molar-refractivity contribution >= 4 is 80.3 Å². The van der Waals surface area contributed by atoms with Gasteiger partial charge in [-0.3, -0.25) is 14.5 Å². The van der Waals surface area contributed by atoms with Gasteiger partial charge in [0, 0.05) is 27.8 Å². The maximum atomic E-state index is 15.8. The fourth-order valence-electron chi connectivity index (χ4n) is 12.2. The number of hydrogen-bond donors (Lipinski definition) is 2. The standard InChI is InChI=1S/C77H62N5O6PS2/c1-86-63-49-47-55(48-50-63)51-87-74(85)70-56(52-89(64-41-23-8-24-42-64,65-43-25-9-26-44-65)66-45-27-10-28-46-66)53-90-73-69(72(84)82(70)73)79-71(83)68(81-88-77(60-35-17-5-18-36-60,61-37-19-6-20-38-61)62-39-21-7-22-40-62)67-54-91-75(78-67)80-76(57-29-11-2-12-30-57,58-31-13-3-14-32-58)59-33-15-4-16-34-59/h2-50,52,54,69,73H,51,53H2,1H3,(H,78,80)(H,79,83)/t69?,73-/m0/s1. The van der Waals surface area contributed by atoms with Crippen LogP contribution in [0.1, 0.15) is 44.6 Å². The van der Waals surface area contributed by atoms with Crippen LogP contribution in [0.15, 0.2) is 319 Å². The molecule has 11 aromatic rings. The molecule has 1 saturated heterocycles. The van der Waals surface area contributed by atoms with Gasteiger partial charge >= 0.3 is 5.97 Å². The van der Waals surface area contributed by atoms with Crippen LogP contribution in [0.4, 0.5) is 5.13 Å². The number of ether oxygens (including phenoxy) is 2. The monoisotopic (exact) mass is 1250 g/mol. The number of benzene rings is 10. The van der Waals surface area contributed by atoms with Gasteiger partial charge in [-0.1, -0.05) is 290 Å². The number of oxime groups is 1. The number of aromatic nitrogens is 1. The van der Waals surface area contributed by atoms with Gasteiger partial charge in [0.1, 0.15) is 40.7 Å². The quantitative estimate of drug-likeness (QED) is 0.0180. The number of carbonyl (C=O) groups excluding carboxylic acids is 3. The molecule has 0 saturated carbocycles. The number of amides is 2. The molecule has 448 valence electrons. The van der Waals surface area contributed by atoms with E-state index in [1.807, 2.05) is 224 Å². The largest absolute Gasteiger partial charge is 0.497 e. The van der Waals surface area contributed by atoms with Gasteiger partial charge < -0.3 is 24.9 Å². The zero-order valence-electron chi connectivity index (χ0n) is 49.6. The van der Waals surface area contributed by atoms with Gasteiger partial charge in [0.15, 0.2) is 10.8 Å². The van der Waals surface area contributed by atoms with Crippen LogP contribution in [0.3, 0.4) is 0 Å². The van der Waals surface area contributed by atoms with E-state index in [4.69, 9.17) is 24.5 Å². The Balaban J connectivity index is 0.928. The maximum Gasteiger partial charge on any atom is 0.355 e. The number of thioether (sulfide) groups is 1. The van der Waals surface area contributed by atoms with Crippen LogP contribution in [0.5, 0.6) is 5.75 Å². The topological polar surface area (TPSA) is 131 Å². The lowest BCUT2D eigenvalue weighted by molar-refractivity contribution is -0.153. The smallest absolute Gasteiger partial charge is 0.355 e. The first-order valence-electron chi connectivity index (χ1n) is 29.8. The molecular formula is C77H62N5O6PS2. The van der Waals surface area contributed by atoms with Gasteiger partial charge in [-0.2, -0.15) is 0 Å². The average Bonchev–Trinajstić information content (AvgIpc) is 1.07.